The van der Waals surface area contributed by atoms with Crippen molar-refractivity contribution in [2.45, 2.75) is 19.2 Å². The number of hydrogen-bond acceptors (Lipinski definition) is 6. The Morgan fingerprint density at radius 2 is 2.12 bits per heavy atom. The van der Waals surface area contributed by atoms with Crippen molar-refractivity contribution in [2.24, 2.45) is 0 Å². The van der Waals surface area contributed by atoms with Gasteiger partial charge in [-0.25, -0.2) is 15.0 Å². The Morgan fingerprint density at radius 3 is 2.77 bits per heavy atom. The second-order valence-corrected chi connectivity index (χ2v) is 5.62. The van der Waals surface area contributed by atoms with Gasteiger partial charge in [-0.15, -0.1) is 0 Å². The fourth-order valence-corrected chi connectivity index (χ4v) is 2.35. The molecule has 26 heavy (non-hydrogen) atoms. The molecule has 0 spiro atoms. The van der Waals surface area contributed by atoms with Crippen LogP contribution < -0.4 is 5.32 Å². The van der Waals surface area contributed by atoms with Gasteiger partial charge in [0.15, 0.2) is 0 Å². The van der Waals surface area contributed by atoms with Gasteiger partial charge in [-0.3, -0.25) is 0 Å². The molecule has 0 amide bonds. The molecule has 3 aromatic rings. The third-order valence-electron chi connectivity index (χ3n) is 3.58. The van der Waals surface area contributed by atoms with Gasteiger partial charge in [0.1, 0.15) is 11.7 Å². The minimum Gasteiger partial charge on any atom is -0.392 e. The lowest BCUT2D eigenvalue weighted by Gasteiger charge is -2.09. The van der Waals surface area contributed by atoms with Crippen LogP contribution in [0.15, 0.2) is 24.7 Å². The first kappa shape index (κ1) is 17.6. The lowest BCUT2D eigenvalue weighted by molar-refractivity contribution is -0.137. The van der Waals surface area contributed by atoms with Gasteiger partial charge in [0.2, 0.25) is 5.95 Å². The van der Waals surface area contributed by atoms with Crippen LogP contribution in [0.3, 0.4) is 0 Å². The van der Waals surface area contributed by atoms with Gasteiger partial charge >= 0.3 is 6.18 Å². The first-order chi connectivity index (χ1) is 12.3. The number of nitrogens with one attached hydrogen (secondary N) is 2. The highest BCUT2D eigenvalue weighted by Gasteiger charge is 2.31. The zero-order valence-corrected chi connectivity index (χ0v) is 13.5. The van der Waals surface area contributed by atoms with Gasteiger partial charge < -0.3 is 15.4 Å². The molecule has 0 saturated heterocycles. The van der Waals surface area contributed by atoms with E-state index >= 15 is 0 Å². The fourth-order valence-electron chi connectivity index (χ4n) is 2.35. The zero-order chi connectivity index (χ0) is 18.9. The molecule has 0 aromatic carbocycles. The van der Waals surface area contributed by atoms with E-state index in [0.717, 1.165) is 12.3 Å². The quantitative estimate of drug-likeness (QED) is 0.658. The van der Waals surface area contributed by atoms with E-state index in [9.17, 15) is 23.5 Å². The SMILES string of the molecule is C[C@@H](O)CNc1ncc(C#N)c(-c2c[nH]c3ncc(C(F)(F)F)cc23)n1. The van der Waals surface area contributed by atoms with Crippen LogP contribution in [0.25, 0.3) is 22.3 Å². The molecule has 0 aliphatic heterocycles. The lowest BCUT2D eigenvalue weighted by atomic mass is 10.1. The molecule has 3 aromatic heterocycles. The van der Waals surface area contributed by atoms with E-state index < -0.39 is 17.8 Å². The van der Waals surface area contributed by atoms with Crippen LogP contribution in [0.2, 0.25) is 0 Å². The van der Waals surface area contributed by atoms with Gasteiger partial charge in [-0.2, -0.15) is 18.4 Å². The van der Waals surface area contributed by atoms with Crippen LogP contribution in [0.1, 0.15) is 18.1 Å². The summed E-state index contributed by atoms with van der Waals surface area (Å²) < 4.78 is 38.9. The number of halogens is 3. The second-order valence-electron chi connectivity index (χ2n) is 5.62. The number of aliphatic hydroxyl groups is 1. The minimum absolute atomic E-state index is 0.103. The predicted molar refractivity (Wildman–Crippen MR) is 87.0 cm³/mol. The number of pyridine rings is 1. The Balaban J connectivity index is 2.13. The molecular formula is C16H13F3N6O. The number of rotatable bonds is 4. The summed E-state index contributed by atoms with van der Waals surface area (Å²) in [7, 11) is 0. The Kier molecular flexibility index (Phi) is 4.48. The van der Waals surface area contributed by atoms with Crippen LogP contribution in [0.5, 0.6) is 0 Å². The average Bonchev–Trinajstić information content (AvgIpc) is 3.02. The minimum atomic E-state index is -4.54. The number of nitrogens with zero attached hydrogens (tertiary/aromatic N) is 4. The van der Waals surface area contributed by atoms with Gasteiger partial charge in [0.05, 0.1) is 29.1 Å². The molecule has 0 unspecified atom stereocenters. The maximum atomic E-state index is 13.0. The Bertz CT molecular complexity index is 990. The highest BCUT2D eigenvalue weighted by molar-refractivity contribution is 5.94. The van der Waals surface area contributed by atoms with Crippen molar-refractivity contribution in [3.8, 4) is 17.3 Å². The van der Waals surface area contributed by atoms with Crippen LogP contribution in [0.4, 0.5) is 19.1 Å². The smallest absolute Gasteiger partial charge is 0.392 e. The van der Waals surface area contributed by atoms with E-state index in [1.54, 1.807) is 6.92 Å². The number of anilines is 1. The fraction of sp³-hybridized carbons (Fsp3) is 0.250. The van der Waals surface area contributed by atoms with Gasteiger partial charge in [-0.1, -0.05) is 0 Å². The second kappa shape index (κ2) is 6.61. The summed E-state index contributed by atoms with van der Waals surface area (Å²) in [6.07, 6.45) is -1.73. The van der Waals surface area contributed by atoms with Crippen molar-refractivity contribution in [2.75, 3.05) is 11.9 Å². The first-order valence-corrected chi connectivity index (χ1v) is 7.53. The van der Waals surface area contributed by atoms with E-state index in [2.05, 4.69) is 25.3 Å². The summed E-state index contributed by atoms with van der Waals surface area (Å²) in [6, 6.07) is 2.89. The first-order valence-electron chi connectivity index (χ1n) is 7.53. The number of H-pyrrole nitrogens is 1. The summed E-state index contributed by atoms with van der Waals surface area (Å²) in [5.41, 5.74) is -0.0774. The van der Waals surface area contributed by atoms with E-state index in [1.165, 1.54) is 12.4 Å². The summed E-state index contributed by atoms with van der Waals surface area (Å²) in [5.74, 6) is 0.147. The van der Waals surface area contributed by atoms with E-state index in [-0.39, 0.29) is 34.8 Å². The van der Waals surface area contributed by atoms with Gasteiger partial charge in [0, 0.05) is 29.9 Å². The van der Waals surface area contributed by atoms with Crippen LogP contribution in [-0.2, 0) is 6.18 Å². The Hall–Kier alpha value is -3.19. The molecule has 0 saturated carbocycles. The molecule has 0 fully saturated rings. The summed E-state index contributed by atoms with van der Waals surface area (Å²) >= 11 is 0. The average molecular weight is 362 g/mol. The molecule has 10 heteroatoms. The molecule has 7 nitrogen and oxygen atoms in total. The summed E-state index contributed by atoms with van der Waals surface area (Å²) in [4.78, 5) is 14.7. The van der Waals surface area contributed by atoms with Crippen molar-refractivity contribution in [3.63, 3.8) is 0 Å². The molecular weight excluding hydrogens is 349 g/mol. The third-order valence-corrected chi connectivity index (χ3v) is 3.58. The number of alkyl halides is 3. The molecule has 0 aliphatic rings. The van der Waals surface area contributed by atoms with E-state index in [1.807, 2.05) is 6.07 Å². The number of fused-ring (bicyclic) bond motifs is 1. The molecule has 0 bridgehead atoms. The number of nitriles is 1. The Morgan fingerprint density at radius 1 is 1.35 bits per heavy atom. The van der Waals surface area contributed by atoms with Gasteiger partial charge in [-0.05, 0) is 13.0 Å². The topological polar surface area (TPSA) is 111 Å². The van der Waals surface area contributed by atoms with Crippen LogP contribution in [0, 0.1) is 11.3 Å². The number of aromatic amines is 1. The van der Waals surface area contributed by atoms with E-state index in [4.69, 9.17) is 0 Å². The highest BCUT2D eigenvalue weighted by atomic mass is 19.4. The summed E-state index contributed by atoms with van der Waals surface area (Å²) in [6.45, 7) is 1.75. The largest absolute Gasteiger partial charge is 0.417 e. The van der Waals surface area contributed by atoms with Crippen LogP contribution in [-0.4, -0.2) is 37.7 Å². The monoisotopic (exact) mass is 362 g/mol. The Labute approximate surface area is 145 Å². The van der Waals surface area contributed by atoms with Crippen molar-refractivity contribution < 1.29 is 18.3 Å². The molecule has 0 aliphatic carbocycles. The molecule has 3 heterocycles. The normalized spacial score (nSPS) is 12.8. The summed E-state index contributed by atoms with van der Waals surface area (Å²) in [5, 5.41) is 21.6. The predicted octanol–water partition coefficient (Wildman–Crippen LogP) is 2.70. The van der Waals surface area contributed by atoms with Crippen molar-refractivity contribution >= 4 is 17.0 Å². The highest BCUT2D eigenvalue weighted by Crippen LogP contribution is 2.34. The number of aliphatic hydroxyl groups excluding tert-OH is 1. The lowest BCUT2D eigenvalue weighted by Crippen LogP contribution is -2.17. The third kappa shape index (κ3) is 3.43. The zero-order valence-electron chi connectivity index (χ0n) is 13.5. The van der Waals surface area contributed by atoms with E-state index in [0.29, 0.717) is 5.56 Å². The molecule has 134 valence electrons. The maximum absolute atomic E-state index is 13.0. The molecule has 3 rings (SSSR count). The molecule has 3 N–H and O–H groups in total. The standard InChI is InChI=1S/C16H13F3N6O/c1-8(26)4-23-15-24-5-9(3-20)13(25-15)12-7-22-14-11(12)2-10(6-21-14)16(17,18)19/h2,5-8,26H,4H2,1H3,(H,21,22)(H,23,24,25)/t8-/m1/s1. The number of aromatic nitrogens is 4. The number of hydrogen-bond donors (Lipinski definition) is 3. The van der Waals surface area contributed by atoms with Crippen molar-refractivity contribution in [1.82, 2.24) is 19.9 Å². The van der Waals surface area contributed by atoms with Gasteiger partial charge in [0.25, 0.3) is 0 Å². The maximum Gasteiger partial charge on any atom is 0.417 e. The van der Waals surface area contributed by atoms with Crippen molar-refractivity contribution in [3.05, 3.63) is 35.8 Å². The van der Waals surface area contributed by atoms with Crippen molar-refractivity contribution in [1.29, 1.82) is 5.26 Å². The molecule has 0 radical (unpaired) electrons. The molecule has 1 atom stereocenters. The van der Waals surface area contributed by atoms with Crippen LogP contribution >= 0.6 is 0 Å².